The normalized spacial score (nSPS) is 16.7. The Kier molecular flexibility index (Phi) is 6.96. The van der Waals surface area contributed by atoms with Crippen LogP contribution in [0.5, 0.6) is 0 Å². The SMILES string of the molecule is CCc1cnc(C(C)(C)C(=O)NCc2cc(Cl)c(C3CCC(=O)NC3=O)c(Cl)c2)cn1. The first-order valence-corrected chi connectivity index (χ1v) is 10.8. The smallest absolute Gasteiger partial charge is 0.234 e. The van der Waals surface area contributed by atoms with Gasteiger partial charge in [-0.2, -0.15) is 0 Å². The van der Waals surface area contributed by atoms with E-state index in [-0.39, 0.29) is 24.8 Å². The van der Waals surface area contributed by atoms with Gasteiger partial charge >= 0.3 is 0 Å². The number of amides is 3. The molecule has 1 aliphatic rings. The molecule has 2 heterocycles. The minimum Gasteiger partial charge on any atom is -0.351 e. The van der Waals surface area contributed by atoms with Gasteiger partial charge in [-0.25, -0.2) is 0 Å². The van der Waals surface area contributed by atoms with Gasteiger partial charge in [0, 0.05) is 41.0 Å². The monoisotopic (exact) mass is 462 g/mol. The number of imide groups is 1. The molecule has 9 heteroatoms. The molecule has 0 saturated carbocycles. The van der Waals surface area contributed by atoms with Crippen LogP contribution in [0.3, 0.4) is 0 Å². The highest BCUT2D eigenvalue weighted by atomic mass is 35.5. The molecule has 0 bridgehead atoms. The zero-order chi connectivity index (χ0) is 22.8. The Morgan fingerprint density at radius 3 is 2.42 bits per heavy atom. The van der Waals surface area contributed by atoms with Crippen molar-refractivity contribution in [2.75, 3.05) is 0 Å². The summed E-state index contributed by atoms with van der Waals surface area (Å²) in [4.78, 5) is 45.1. The van der Waals surface area contributed by atoms with Crippen molar-refractivity contribution in [1.29, 1.82) is 0 Å². The fourth-order valence-corrected chi connectivity index (χ4v) is 4.22. The average Bonchev–Trinajstić information content (AvgIpc) is 2.73. The van der Waals surface area contributed by atoms with Gasteiger partial charge in [-0.15, -0.1) is 0 Å². The summed E-state index contributed by atoms with van der Waals surface area (Å²) in [5.41, 5.74) is 1.75. The molecule has 0 radical (unpaired) electrons. The molecule has 31 heavy (non-hydrogen) atoms. The van der Waals surface area contributed by atoms with E-state index in [4.69, 9.17) is 23.2 Å². The summed E-state index contributed by atoms with van der Waals surface area (Å²) in [5, 5.41) is 5.85. The summed E-state index contributed by atoms with van der Waals surface area (Å²) in [6.07, 6.45) is 4.67. The third-order valence-electron chi connectivity index (χ3n) is 5.46. The van der Waals surface area contributed by atoms with Gasteiger partial charge in [0.05, 0.1) is 22.7 Å². The van der Waals surface area contributed by atoms with Crippen LogP contribution in [0, 0.1) is 0 Å². The highest BCUT2D eigenvalue weighted by molar-refractivity contribution is 6.36. The number of nitrogens with one attached hydrogen (secondary N) is 2. The molecule has 1 saturated heterocycles. The topological polar surface area (TPSA) is 101 Å². The second-order valence-electron chi connectivity index (χ2n) is 8.03. The Hall–Kier alpha value is -2.51. The van der Waals surface area contributed by atoms with Crippen molar-refractivity contribution in [1.82, 2.24) is 20.6 Å². The van der Waals surface area contributed by atoms with Gasteiger partial charge in [0.25, 0.3) is 0 Å². The lowest BCUT2D eigenvalue weighted by Gasteiger charge is -2.24. The summed E-state index contributed by atoms with van der Waals surface area (Å²) in [6, 6.07) is 3.35. The largest absolute Gasteiger partial charge is 0.351 e. The van der Waals surface area contributed by atoms with Crippen molar-refractivity contribution in [3.05, 3.63) is 57.1 Å². The molecular formula is C22H24Cl2N4O3. The lowest BCUT2D eigenvalue weighted by atomic mass is 9.88. The number of rotatable bonds is 6. The van der Waals surface area contributed by atoms with Crippen molar-refractivity contribution in [3.8, 4) is 0 Å². The predicted molar refractivity (Wildman–Crippen MR) is 118 cm³/mol. The molecule has 1 aromatic heterocycles. The molecule has 164 valence electrons. The maximum atomic E-state index is 12.8. The van der Waals surface area contributed by atoms with Crippen LogP contribution >= 0.6 is 23.2 Å². The quantitative estimate of drug-likeness (QED) is 0.639. The predicted octanol–water partition coefficient (Wildman–Crippen LogP) is 3.46. The third-order valence-corrected chi connectivity index (χ3v) is 6.08. The molecule has 0 spiro atoms. The first-order chi connectivity index (χ1) is 14.6. The van der Waals surface area contributed by atoms with Crippen LogP contribution in [0.25, 0.3) is 0 Å². The number of carbonyl (C=O) groups is 3. The molecule has 2 aromatic rings. The Balaban J connectivity index is 1.72. The van der Waals surface area contributed by atoms with Crippen LogP contribution in [0.15, 0.2) is 24.5 Å². The maximum Gasteiger partial charge on any atom is 0.234 e. The van der Waals surface area contributed by atoms with Gasteiger partial charge in [-0.3, -0.25) is 29.7 Å². The summed E-state index contributed by atoms with van der Waals surface area (Å²) in [6.45, 7) is 5.76. The van der Waals surface area contributed by atoms with E-state index in [2.05, 4.69) is 20.6 Å². The van der Waals surface area contributed by atoms with E-state index >= 15 is 0 Å². The molecule has 7 nitrogen and oxygen atoms in total. The van der Waals surface area contributed by atoms with E-state index in [0.717, 1.165) is 12.1 Å². The summed E-state index contributed by atoms with van der Waals surface area (Å²) in [7, 11) is 0. The van der Waals surface area contributed by atoms with Crippen molar-refractivity contribution < 1.29 is 14.4 Å². The number of benzene rings is 1. The first-order valence-electron chi connectivity index (χ1n) is 10.0. The lowest BCUT2D eigenvalue weighted by Crippen LogP contribution is -2.40. The number of aryl methyl sites for hydroxylation is 1. The molecule has 3 amide bonds. The second kappa shape index (κ2) is 9.32. The molecule has 3 rings (SSSR count). The third kappa shape index (κ3) is 5.05. The molecule has 1 atom stereocenters. The Bertz CT molecular complexity index is 999. The number of piperidine rings is 1. The van der Waals surface area contributed by atoms with Crippen LogP contribution < -0.4 is 10.6 Å². The fraction of sp³-hybridized carbons (Fsp3) is 0.409. The minimum absolute atomic E-state index is 0.206. The van der Waals surface area contributed by atoms with Crippen molar-refractivity contribution in [3.63, 3.8) is 0 Å². The van der Waals surface area contributed by atoms with Gasteiger partial charge < -0.3 is 5.32 Å². The highest BCUT2D eigenvalue weighted by Crippen LogP contribution is 2.37. The Morgan fingerprint density at radius 2 is 1.87 bits per heavy atom. The van der Waals surface area contributed by atoms with Crippen LogP contribution in [0.1, 0.15) is 62.0 Å². The molecule has 2 N–H and O–H groups in total. The average molecular weight is 463 g/mol. The van der Waals surface area contributed by atoms with Crippen molar-refractivity contribution in [2.45, 2.75) is 57.9 Å². The zero-order valence-corrected chi connectivity index (χ0v) is 19.1. The van der Waals surface area contributed by atoms with E-state index in [1.54, 1.807) is 38.4 Å². The number of hydrogen-bond donors (Lipinski definition) is 2. The van der Waals surface area contributed by atoms with Gasteiger partial charge in [-0.05, 0) is 44.4 Å². The standard InChI is InChI=1S/C22H24Cl2N4O3/c1-4-13-10-26-17(11-25-13)22(2,3)21(31)27-9-12-7-15(23)19(16(24)8-12)14-5-6-18(29)28-20(14)30/h7-8,10-11,14H,4-6,9H2,1-3H3,(H,27,31)(H,28,29,30). The molecule has 1 unspecified atom stereocenters. The van der Waals surface area contributed by atoms with Crippen LogP contribution in [0.4, 0.5) is 0 Å². The summed E-state index contributed by atoms with van der Waals surface area (Å²) in [5.74, 6) is -1.50. The molecule has 1 aromatic carbocycles. The summed E-state index contributed by atoms with van der Waals surface area (Å²) < 4.78 is 0. The molecule has 1 fully saturated rings. The first kappa shape index (κ1) is 23.2. The molecule has 1 aliphatic heterocycles. The van der Waals surface area contributed by atoms with Crippen LogP contribution in [0.2, 0.25) is 10.0 Å². The number of carbonyl (C=O) groups excluding carboxylic acids is 3. The van der Waals surface area contributed by atoms with E-state index in [0.29, 0.717) is 33.3 Å². The van der Waals surface area contributed by atoms with Gasteiger partial charge in [-0.1, -0.05) is 30.1 Å². The van der Waals surface area contributed by atoms with Crippen molar-refractivity contribution >= 4 is 40.9 Å². The molecule has 0 aliphatic carbocycles. The van der Waals surface area contributed by atoms with E-state index < -0.39 is 17.2 Å². The fourth-order valence-electron chi connectivity index (χ4n) is 3.42. The van der Waals surface area contributed by atoms with E-state index in [1.807, 2.05) is 6.92 Å². The summed E-state index contributed by atoms with van der Waals surface area (Å²) >= 11 is 12.8. The number of nitrogens with zero attached hydrogens (tertiary/aromatic N) is 2. The van der Waals surface area contributed by atoms with Crippen LogP contribution in [-0.2, 0) is 32.8 Å². The van der Waals surface area contributed by atoms with Gasteiger partial charge in [0.1, 0.15) is 0 Å². The number of halogens is 2. The van der Waals surface area contributed by atoms with Crippen LogP contribution in [-0.4, -0.2) is 27.7 Å². The minimum atomic E-state index is -0.875. The highest BCUT2D eigenvalue weighted by Gasteiger charge is 2.33. The van der Waals surface area contributed by atoms with Gasteiger partial charge in [0.2, 0.25) is 17.7 Å². The number of aromatic nitrogens is 2. The van der Waals surface area contributed by atoms with Crippen molar-refractivity contribution in [2.24, 2.45) is 0 Å². The molecular weight excluding hydrogens is 439 g/mol. The van der Waals surface area contributed by atoms with E-state index in [1.165, 1.54) is 0 Å². The maximum absolute atomic E-state index is 12.8. The van der Waals surface area contributed by atoms with E-state index in [9.17, 15) is 14.4 Å². The zero-order valence-electron chi connectivity index (χ0n) is 17.6. The lowest BCUT2D eigenvalue weighted by molar-refractivity contribution is -0.134. The Labute approximate surface area is 190 Å². The number of hydrogen-bond acceptors (Lipinski definition) is 5. The second-order valence-corrected chi connectivity index (χ2v) is 8.85. The van der Waals surface area contributed by atoms with Gasteiger partial charge in [0.15, 0.2) is 0 Å². The Morgan fingerprint density at radius 1 is 1.19 bits per heavy atom.